The second-order valence-corrected chi connectivity index (χ2v) is 5.12. The Balaban J connectivity index is 3.09. The molecule has 4 nitrogen and oxygen atoms in total. The van der Waals surface area contributed by atoms with Crippen LogP contribution in [0.4, 0.5) is 0 Å². The van der Waals surface area contributed by atoms with Gasteiger partial charge < -0.3 is 19.9 Å². The largest absolute Gasteiger partial charge is 0.496 e. The van der Waals surface area contributed by atoms with Crippen LogP contribution in [0, 0.1) is 6.92 Å². The van der Waals surface area contributed by atoms with Crippen molar-refractivity contribution in [2.24, 2.45) is 0 Å². The summed E-state index contributed by atoms with van der Waals surface area (Å²) >= 11 is 0. The number of hydrogen-bond acceptors (Lipinski definition) is 4. The molecule has 2 atom stereocenters. The van der Waals surface area contributed by atoms with E-state index in [0.717, 1.165) is 16.9 Å². The highest BCUT2D eigenvalue weighted by Gasteiger charge is 2.22. The van der Waals surface area contributed by atoms with Gasteiger partial charge in [-0.15, -0.1) is 0 Å². The molecule has 0 aliphatic heterocycles. The van der Waals surface area contributed by atoms with Crippen LogP contribution in [-0.4, -0.2) is 31.4 Å². The zero-order chi connectivity index (χ0) is 14.6. The fraction of sp³-hybridized carbons (Fsp3) is 0.600. The van der Waals surface area contributed by atoms with Gasteiger partial charge in [0.1, 0.15) is 11.5 Å². The van der Waals surface area contributed by atoms with Crippen LogP contribution < -0.4 is 14.8 Å². The predicted molar refractivity (Wildman–Crippen MR) is 77.0 cm³/mol. The van der Waals surface area contributed by atoms with E-state index in [9.17, 15) is 5.11 Å². The number of hydrogen-bond donors (Lipinski definition) is 2. The molecule has 0 amide bonds. The summed E-state index contributed by atoms with van der Waals surface area (Å²) in [5.41, 5.74) is 1.73. The third-order valence-electron chi connectivity index (χ3n) is 3.14. The molecule has 108 valence electrons. The Morgan fingerprint density at radius 2 is 1.63 bits per heavy atom. The molecule has 1 rings (SSSR count). The number of ether oxygens (including phenoxy) is 2. The van der Waals surface area contributed by atoms with E-state index < -0.39 is 6.10 Å². The number of benzene rings is 1. The Kier molecular flexibility index (Phi) is 5.63. The van der Waals surface area contributed by atoms with Gasteiger partial charge in [0, 0.05) is 17.6 Å². The van der Waals surface area contributed by atoms with E-state index in [4.69, 9.17) is 9.47 Å². The van der Waals surface area contributed by atoms with Crippen molar-refractivity contribution < 1.29 is 14.6 Å². The molecule has 0 spiro atoms. The molecule has 2 N–H and O–H groups in total. The molecule has 0 fully saturated rings. The van der Waals surface area contributed by atoms with E-state index in [-0.39, 0.29) is 6.04 Å². The summed E-state index contributed by atoms with van der Waals surface area (Å²) in [7, 11) is 3.23. The molecule has 0 radical (unpaired) electrons. The van der Waals surface area contributed by atoms with Gasteiger partial charge in [-0.2, -0.15) is 0 Å². The van der Waals surface area contributed by atoms with Gasteiger partial charge in [-0.1, -0.05) is 13.8 Å². The average molecular weight is 267 g/mol. The molecule has 0 bridgehead atoms. The average Bonchev–Trinajstić information content (AvgIpc) is 2.36. The molecule has 0 aromatic heterocycles. The van der Waals surface area contributed by atoms with Gasteiger partial charge in [-0.25, -0.2) is 0 Å². The van der Waals surface area contributed by atoms with Gasteiger partial charge in [-0.05, 0) is 31.5 Å². The van der Waals surface area contributed by atoms with Crippen LogP contribution in [0.15, 0.2) is 12.1 Å². The fourth-order valence-corrected chi connectivity index (χ4v) is 2.19. The van der Waals surface area contributed by atoms with Crippen LogP contribution in [0.2, 0.25) is 0 Å². The third kappa shape index (κ3) is 3.85. The first-order valence-electron chi connectivity index (χ1n) is 6.57. The van der Waals surface area contributed by atoms with Crippen molar-refractivity contribution in [2.45, 2.75) is 45.9 Å². The van der Waals surface area contributed by atoms with Crippen molar-refractivity contribution in [1.29, 1.82) is 0 Å². The summed E-state index contributed by atoms with van der Waals surface area (Å²) < 4.78 is 10.7. The first-order valence-corrected chi connectivity index (χ1v) is 6.57. The van der Waals surface area contributed by atoms with E-state index in [1.165, 1.54) is 0 Å². The molecule has 0 aliphatic carbocycles. The van der Waals surface area contributed by atoms with Gasteiger partial charge in [0.25, 0.3) is 0 Å². The summed E-state index contributed by atoms with van der Waals surface area (Å²) in [6.07, 6.45) is -0.646. The molecule has 19 heavy (non-hydrogen) atoms. The second-order valence-electron chi connectivity index (χ2n) is 5.12. The molecule has 2 unspecified atom stereocenters. The van der Waals surface area contributed by atoms with Crippen LogP contribution >= 0.6 is 0 Å². The minimum absolute atomic E-state index is 0.0682. The Bertz CT molecular complexity index is 418. The van der Waals surface area contributed by atoms with Crippen molar-refractivity contribution in [1.82, 2.24) is 5.32 Å². The first-order chi connectivity index (χ1) is 8.90. The van der Waals surface area contributed by atoms with Crippen molar-refractivity contribution in [3.63, 3.8) is 0 Å². The van der Waals surface area contributed by atoms with Crippen molar-refractivity contribution in [2.75, 3.05) is 14.2 Å². The normalized spacial score (nSPS) is 14.3. The Labute approximate surface area is 115 Å². The summed E-state index contributed by atoms with van der Waals surface area (Å²) in [4.78, 5) is 0. The van der Waals surface area contributed by atoms with E-state index >= 15 is 0 Å². The van der Waals surface area contributed by atoms with Crippen molar-refractivity contribution in [3.05, 3.63) is 23.3 Å². The van der Waals surface area contributed by atoms with Crippen LogP contribution in [0.3, 0.4) is 0 Å². The molecule has 4 heteroatoms. The first kappa shape index (κ1) is 15.8. The van der Waals surface area contributed by atoms with Crippen LogP contribution in [0.5, 0.6) is 11.5 Å². The molecule has 0 saturated carbocycles. The highest BCUT2D eigenvalue weighted by molar-refractivity contribution is 5.47. The SMILES string of the molecule is COc1cc(C(O)C(C)NC(C)C)c(OC)cc1C. The Morgan fingerprint density at radius 3 is 2.11 bits per heavy atom. The molecular weight excluding hydrogens is 242 g/mol. The number of aryl methyl sites for hydroxylation is 1. The van der Waals surface area contributed by atoms with Gasteiger partial charge in [0.05, 0.1) is 20.3 Å². The van der Waals surface area contributed by atoms with Gasteiger partial charge >= 0.3 is 0 Å². The lowest BCUT2D eigenvalue weighted by atomic mass is 9.99. The third-order valence-corrected chi connectivity index (χ3v) is 3.14. The van der Waals surface area contributed by atoms with Crippen molar-refractivity contribution >= 4 is 0 Å². The van der Waals surface area contributed by atoms with E-state index in [1.807, 2.05) is 26.0 Å². The maximum Gasteiger partial charge on any atom is 0.125 e. The maximum absolute atomic E-state index is 10.5. The van der Waals surface area contributed by atoms with Gasteiger partial charge in [0.15, 0.2) is 0 Å². The minimum Gasteiger partial charge on any atom is -0.496 e. The molecule has 0 heterocycles. The number of aliphatic hydroxyl groups is 1. The summed E-state index contributed by atoms with van der Waals surface area (Å²) in [6, 6.07) is 3.97. The van der Waals surface area contributed by atoms with E-state index in [1.54, 1.807) is 14.2 Å². The minimum atomic E-state index is -0.646. The maximum atomic E-state index is 10.5. The lowest BCUT2D eigenvalue weighted by Gasteiger charge is -2.25. The molecule has 1 aromatic carbocycles. The van der Waals surface area contributed by atoms with E-state index in [2.05, 4.69) is 19.2 Å². The standard InChI is InChI=1S/C15H25NO3/c1-9(2)16-11(4)15(17)12-8-13(18-5)10(3)7-14(12)19-6/h7-9,11,15-17H,1-6H3. The number of methoxy groups -OCH3 is 2. The van der Waals surface area contributed by atoms with Crippen molar-refractivity contribution in [3.8, 4) is 11.5 Å². The lowest BCUT2D eigenvalue weighted by Crippen LogP contribution is -2.37. The molecular formula is C15H25NO3. The smallest absolute Gasteiger partial charge is 0.125 e. The predicted octanol–water partition coefficient (Wildman–Crippen LogP) is 2.43. The number of rotatable bonds is 6. The fourth-order valence-electron chi connectivity index (χ4n) is 2.19. The van der Waals surface area contributed by atoms with E-state index in [0.29, 0.717) is 11.8 Å². The highest BCUT2D eigenvalue weighted by atomic mass is 16.5. The summed E-state index contributed by atoms with van der Waals surface area (Å²) in [6.45, 7) is 8.01. The van der Waals surface area contributed by atoms with Gasteiger partial charge in [-0.3, -0.25) is 0 Å². The summed E-state index contributed by atoms with van der Waals surface area (Å²) in [5.74, 6) is 1.44. The summed E-state index contributed by atoms with van der Waals surface area (Å²) in [5, 5.41) is 13.8. The van der Waals surface area contributed by atoms with Crippen LogP contribution in [-0.2, 0) is 0 Å². The highest BCUT2D eigenvalue weighted by Crippen LogP contribution is 2.33. The topological polar surface area (TPSA) is 50.7 Å². The number of aliphatic hydroxyl groups excluding tert-OH is 1. The van der Waals surface area contributed by atoms with Crippen LogP contribution in [0.25, 0.3) is 0 Å². The quantitative estimate of drug-likeness (QED) is 0.831. The molecule has 1 aromatic rings. The monoisotopic (exact) mass is 267 g/mol. The van der Waals surface area contributed by atoms with Gasteiger partial charge in [0.2, 0.25) is 0 Å². The zero-order valence-electron chi connectivity index (χ0n) is 12.7. The Morgan fingerprint density at radius 1 is 1.05 bits per heavy atom. The lowest BCUT2D eigenvalue weighted by molar-refractivity contribution is 0.128. The number of nitrogens with one attached hydrogen (secondary N) is 1. The molecule has 0 saturated heterocycles. The molecule has 0 aliphatic rings. The second kappa shape index (κ2) is 6.78. The Hall–Kier alpha value is -1.26. The van der Waals surface area contributed by atoms with Crippen LogP contribution in [0.1, 0.15) is 38.0 Å². The zero-order valence-corrected chi connectivity index (χ0v) is 12.7.